The lowest BCUT2D eigenvalue weighted by Gasteiger charge is -2.21. The Bertz CT molecular complexity index is 1090. The van der Waals surface area contributed by atoms with Crippen molar-refractivity contribution in [2.24, 2.45) is 5.73 Å². The van der Waals surface area contributed by atoms with E-state index in [-0.39, 0.29) is 35.0 Å². The first-order chi connectivity index (χ1) is 22.0. The van der Waals surface area contributed by atoms with E-state index in [9.17, 15) is 29.4 Å². The summed E-state index contributed by atoms with van der Waals surface area (Å²) in [5.74, 6) is -4.76. The molecule has 0 aliphatic heterocycles. The van der Waals surface area contributed by atoms with Gasteiger partial charge in [-0.15, -0.1) is 0 Å². The molecule has 0 fully saturated rings. The fourth-order valence-corrected chi connectivity index (χ4v) is 6.08. The summed E-state index contributed by atoms with van der Waals surface area (Å²) in [6.45, 7) is 1.52. The maximum Gasteiger partial charge on any atom is 0.322 e. The predicted molar refractivity (Wildman–Crippen MR) is 178 cm³/mol. The number of phenols is 2. The van der Waals surface area contributed by atoms with Gasteiger partial charge in [-0.3, -0.25) is 19.2 Å². The van der Waals surface area contributed by atoms with Crippen molar-refractivity contribution < 1.29 is 44.3 Å². The van der Waals surface area contributed by atoms with Crippen LogP contribution in [0.4, 0.5) is 0 Å². The van der Waals surface area contributed by atoms with Crippen LogP contribution in [0.2, 0.25) is 0 Å². The summed E-state index contributed by atoms with van der Waals surface area (Å²) >= 11 is 0.648. The van der Waals surface area contributed by atoms with Gasteiger partial charge in [-0.2, -0.15) is 0 Å². The predicted octanol–water partition coefficient (Wildman–Crippen LogP) is 5.45. The highest BCUT2D eigenvalue weighted by molar-refractivity contribution is 8.00. The molecule has 12 nitrogen and oxygen atoms in total. The number of amides is 2. The van der Waals surface area contributed by atoms with Crippen LogP contribution in [0.15, 0.2) is 11.0 Å². The first-order valence-electron chi connectivity index (χ1n) is 16.6. The van der Waals surface area contributed by atoms with Crippen LogP contribution in [0.25, 0.3) is 0 Å². The molecule has 0 radical (unpaired) electrons. The van der Waals surface area contributed by atoms with Crippen LogP contribution in [0.3, 0.4) is 0 Å². The Hall–Kier alpha value is -3.19. The molecule has 2 atom stereocenters. The van der Waals surface area contributed by atoms with Crippen molar-refractivity contribution in [3.05, 3.63) is 11.6 Å². The standard InChI is InChI=1S/C33H55N3O9S/c1-3-4-5-6-7-8-9-10-11-12-13-14-15-16-17-18-23-21-25(37)30(29(45-2)28(23)41)46-32(31(42)35-22-27(39)40)36-26(38)20-19-24(34)33(43)44/h21,24,32,37,41H,3-20,22,34H2,1-2H3,(H,35,42)(H,36,38)(H,39,40)(H,43,44)/t24-,32-/m0/s1. The summed E-state index contributed by atoms with van der Waals surface area (Å²) in [5, 5.41) is 42.8. The molecule has 8 N–H and O–H groups in total. The van der Waals surface area contributed by atoms with Crippen LogP contribution >= 0.6 is 11.8 Å². The second-order valence-electron chi connectivity index (χ2n) is 11.6. The number of phenolic OH excluding ortho intramolecular Hbond substituents is 2. The second kappa shape index (κ2) is 24.0. The van der Waals surface area contributed by atoms with Crippen LogP contribution in [-0.4, -0.2) is 69.2 Å². The molecule has 0 saturated heterocycles. The zero-order valence-corrected chi connectivity index (χ0v) is 28.3. The average Bonchev–Trinajstić information content (AvgIpc) is 3.02. The number of rotatable bonds is 27. The van der Waals surface area contributed by atoms with Crippen molar-refractivity contribution in [2.75, 3.05) is 13.7 Å². The van der Waals surface area contributed by atoms with Crippen LogP contribution in [0.1, 0.15) is 122 Å². The lowest BCUT2D eigenvalue weighted by Crippen LogP contribution is -2.46. The molecule has 0 heterocycles. The van der Waals surface area contributed by atoms with Crippen molar-refractivity contribution in [3.8, 4) is 17.2 Å². The van der Waals surface area contributed by atoms with Gasteiger partial charge in [0.25, 0.3) is 5.91 Å². The van der Waals surface area contributed by atoms with E-state index >= 15 is 0 Å². The molecule has 0 saturated carbocycles. The monoisotopic (exact) mass is 669 g/mol. The van der Waals surface area contributed by atoms with E-state index in [1.54, 1.807) is 0 Å². The lowest BCUT2D eigenvalue weighted by molar-refractivity contribution is -0.139. The quantitative estimate of drug-likeness (QED) is 0.0271. The highest BCUT2D eigenvalue weighted by atomic mass is 32.2. The number of carbonyl (C=O) groups is 4. The average molecular weight is 670 g/mol. The highest BCUT2D eigenvalue weighted by Gasteiger charge is 2.28. The van der Waals surface area contributed by atoms with E-state index in [0.29, 0.717) is 23.7 Å². The van der Waals surface area contributed by atoms with Gasteiger partial charge < -0.3 is 41.5 Å². The SMILES string of the molecule is CCCCCCCCCCCCCCCCCc1cc(O)c(S[C@H](NC(=O)CC[C@H](N)C(=O)O)C(=O)NCC(=O)O)c(OC)c1O. The fourth-order valence-electron chi connectivity index (χ4n) is 5.00. The summed E-state index contributed by atoms with van der Waals surface area (Å²) in [6.07, 6.45) is 18.5. The summed E-state index contributed by atoms with van der Waals surface area (Å²) in [4.78, 5) is 47.1. The topological polar surface area (TPSA) is 209 Å². The molecule has 1 aromatic carbocycles. The van der Waals surface area contributed by atoms with E-state index in [1.807, 2.05) is 0 Å². The van der Waals surface area contributed by atoms with Crippen molar-refractivity contribution in [2.45, 2.75) is 139 Å². The zero-order chi connectivity index (χ0) is 34.3. The summed E-state index contributed by atoms with van der Waals surface area (Å²) in [6, 6.07) is 0.111. The molecule has 1 rings (SSSR count). The number of carbonyl (C=O) groups excluding carboxylic acids is 2. The normalized spacial score (nSPS) is 12.3. The molecule has 0 aromatic heterocycles. The molecular weight excluding hydrogens is 614 g/mol. The van der Waals surface area contributed by atoms with Crippen LogP contribution < -0.4 is 21.1 Å². The van der Waals surface area contributed by atoms with E-state index in [2.05, 4.69) is 17.6 Å². The van der Waals surface area contributed by atoms with Crippen LogP contribution in [0, 0.1) is 0 Å². The second-order valence-corrected chi connectivity index (χ2v) is 12.7. The molecule has 13 heteroatoms. The van der Waals surface area contributed by atoms with Gasteiger partial charge in [0, 0.05) is 12.0 Å². The van der Waals surface area contributed by atoms with Crippen molar-refractivity contribution in [1.29, 1.82) is 0 Å². The molecule has 0 aliphatic rings. The smallest absolute Gasteiger partial charge is 0.322 e. The van der Waals surface area contributed by atoms with Gasteiger partial charge in [-0.1, -0.05) is 109 Å². The molecule has 1 aromatic rings. The number of hydrogen-bond acceptors (Lipinski definition) is 9. The number of methoxy groups -OCH3 is 1. The zero-order valence-electron chi connectivity index (χ0n) is 27.5. The van der Waals surface area contributed by atoms with Gasteiger partial charge in [0.2, 0.25) is 5.91 Å². The summed E-state index contributed by atoms with van der Waals surface area (Å²) in [7, 11) is 1.29. The van der Waals surface area contributed by atoms with E-state index < -0.39 is 41.7 Å². The maximum atomic E-state index is 12.8. The van der Waals surface area contributed by atoms with Crippen molar-refractivity contribution >= 4 is 35.5 Å². The van der Waals surface area contributed by atoms with Gasteiger partial charge in [-0.25, -0.2) is 0 Å². The molecular formula is C33H55N3O9S. The number of aromatic hydroxyl groups is 2. The fraction of sp³-hybridized carbons (Fsp3) is 0.697. The van der Waals surface area contributed by atoms with E-state index in [1.165, 1.54) is 83.8 Å². The Labute approximate surface area is 277 Å². The number of benzene rings is 1. The summed E-state index contributed by atoms with van der Waals surface area (Å²) in [5.41, 5.74) is 5.92. The number of carboxylic acid groups (broad SMARTS) is 2. The Morgan fingerprint density at radius 1 is 0.870 bits per heavy atom. The van der Waals surface area contributed by atoms with Gasteiger partial charge in [-0.05, 0) is 25.3 Å². The third-order valence-corrected chi connectivity index (χ3v) is 8.90. The Morgan fingerprint density at radius 3 is 1.87 bits per heavy atom. The molecule has 0 spiro atoms. The van der Waals surface area contributed by atoms with Crippen LogP contribution in [-0.2, 0) is 25.6 Å². The highest BCUT2D eigenvalue weighted by Crippen LogP contribution is 2.46. The molecule has 0 bridgehead atoms. The Kier molecular flexibility index (Phi) is 21.3. The van der Waals surface area contributed by atoms with E-state index in [4.69, 9.17) is 20.7 Å². The number of nitrogens with one attached hydrogen (secondary N) is 2. The van der Waals surface area contributed by atoms with Gasteiger partial charge >= 0.3 is 11.9 Å². The van der Waals surface area contributed by atoms with Gasteiger partial charge in [0.1, 0.15) is 18.3 Å². The minimum atomic E-state index is -1.44. The minimum Gasteiger partial charge on any atom is -0.507 e. The van der Waals surface area contributed by atoms with Crippen molar-refractivity contribution in [3.63, 3.8) is 0 Å². The molecule has 46 heavy (non-hydrogen) atoms. The molecule has 0 unspecified atom stereocenters. The summed E-state index contributed by atoms with van der Waals surface area (Å²) < 4.78 is 5.36. The number of aryl methyl sites for hydroxylation is 1. The number of aliphatic carboxylic acids is 2. The third-order valence-electron chi connectivity index (χ3n) is 7.70. The van der Waals surface area contributed by atoms with Crippen LogP contribution in [0.5, 0.6) is 17.2 Å². The Balaban J connectivity index is 2.66. The number of thioether (sulfide) groups is 1. The Morgan fingerprint density at radius 2 is 1.39 bits per heavy atom. The number of ether oxygens (including phenoxy) is 1. The number of nitrogens with two attached hydrogens (primary N) is 1. The minimum absolute atomic E-state index is 0.0294. The molecule has 262 valence electrons. The lowest BCUT2D eigenvalue weighted by atomic mass is 10.0. The first kappa shape index (κ1) is 40.8. The van der Waals surface area contributed by atoms with E-state index in [0.717, 1.165) is 25.7 Å². The first-order valence-corrected chi connectivity index (χ1v) is 17.4. The number of unbranched alkanes of at least 4 members (excludes halogenated alkanes) is 14. The number of carboxylic acids is 2. The van der Waals surface area contributed by atoms with Gasteiger partial charge in [0.05, 0.1) is 12.0 Å². The maximum absolute atomic E-state index is 12.8. The molecule has 0 aliphatic carbocycles. The largest absolute Gasteiger partial charge is 0.507 e. The third kappa shape index (κ3) is 16.9. The number of hydrogen-bond donors (Lipinski definition) is 7. The molecule has 2 amide bonds. The van der Waals surface area contributed by atoms with Gasteiger partial charge in [0.15, 0.2) is 16.9 Å². The van der Waals surface area contributed by atoms with Crippen molar-refractivity contribution in [1.82, 2.24) is 10.6 Å².